The van der Waals surface area contributed by atoms with Crippen LogP contribution in [0, 0.1) is 0 Å². The Morgan fingerprint density at radius 1 is 1.77 bits per heavy atom. The molecule has 0 aromatic carbocycles. The number of aromatic nitrogens is 2. The van der Waals surface area contributed by atoms with Crippen molar-refractivity contribution in [1.82, 2.24) is 10.2 Å². The normalized spacial score (nSPS) is 8.62. The average molecular weight is 214 g/mol. The fourth-order valence-electron chi connectivity index (χ4n) is 0.490. The van der Waals surface area contributed by atoms with Crippen molar-refractivity contribution in [2.75, 3.05) is 5.32 Å². The fourth-order valence-corrected chi connectivity index (χ4v) is 1.23. The summed E-state index contributed by atoms with van der Waals surface area (Å²) < 4.78 is 0. The van der Waals surface area contributed by atoms with Gasteiger partial charge in [-0.15, -0.1) is 10.2 Å². The molecule has 0 aliphatic carbocycles. The van der Waals surface area contributed by atoms with E-state index in [2.05, 4.69) is 37.8 Å². The van der Waals surface area contributed by atoms with Gasteiger partial charge in [0.05, 0.1) is 0 Å². The molecule has 0 aliphatic heterocycles. The number of amides is 2. The summed E-state index contributed by atoms with van der Waals surface area (Å²) in [6.45, 7) is 0. The molecule has 0 spiro atoms. The van der Waals surface area contributed by atoms with Crippen LogP contribution >= 0.6 is 23.6 Å². The van der Waals surface area contributed by atoms with Gasteiger partial charge in [0.25, 0.3) is 0 Å². The molecular weight excluding hydrogens is 212 g/mol. The van der Waals surface area contributed by atoms with E-state index in [1.165, 1.54) is 5.37 Å². The molecule has 9 heteroatoms. The van der Waals surface area contributed by atoms with Crippen molar-refractivity contribution in [3.63, 3.8) is 0 Å². The molecular formula is C4H2N6OS2. The maximum Gasteiger partial charge on any atom is 0.314 e. The lowest BCUT2D eigenvalue weighted by molar-refractivity contribution is 0.259. The number of urea groups is 1. The molecule has 7 nitrogen and oxygen atoms in total. The molecule has 0 saturated carbocycles. The number of hydrogen-bond donors (Lipinski definition) is 1. The van der Waals surface area contributed by atoms with Crippen molar-refractivity contribution in [3.8, 4) is 0 Å². The van der Waals surface area contributed by atoms with E-state index in [1.807, 2.05) is 0 Å². The van der Waals surface area contributed by atoms with E-state index in [0.717, 1.165) is 11.3 Å². The van der Waals surface area contributed by atoms with E-state index in [-0.39, 0.29) is 5.13 Å². The monoisotopic (exact) mass is 214 g/mol. The summed E-state index contributed by atoms with van der Waals surface area (Å²) in [7, 11) is 0. The zero-order valence-corrected chi connectivity index (χ0v) is 7.67. The molecule has 66 valence electrons. The molecule has 1 rings (SSSR count). The van der Waals surface area contributed by atoms with Crippen LogP contribution < -0.4 is 5.32 Å². The minimum absolute atomic E-state index is 0.244. The molecule has 0 atom stereocenters. The van der Waals surface area contributed by atoms with Gasteiger partial charge >= 0.3 is 6.03 Å². The van der Waals surface area contributed by atoms with Gasteiger partial charge in [-0.05, 0) is 5.53 Å². The van der Waals surface area contributed by atoms with Crippen molar-refractivity contribution in [1.29, 1.82) is 0 Å². The van der Waals surface area contributed by atoms with Gasteiger partial charge < -0.3 is 0 Å². The van der Waals surface area contributed by atoms with E-state index in [0.29, 0.717) is 5.01 Å². The van der Waals surface area contributed by atoms with Crippen LogP contribution in [0.25, 0.3) is 10.4 Å². The number of anilines is 1. The summed E-state index contributed by atoms with van der Waals surface area (Å²) in [5, 5.41) is 14.3. The fraction of sp³-hybridized carbons (Fsp3) is 0. The molecule has 0 fully saturated rings. The van der Waals surface area contributed by atoms with E-state index < -0.39 is 6.03 Å². The predicted molar refractivity (Wildman–Crippen MR) is 50.8 cm³/mol. The molecule has 0 unspecified atom stereocenters. The Morgan fingerprint density at radius 2 is 2.54 bits per heavy atom. The van der Waals surface area contributed by atoms with Crippen LogP contribution in [-0.4, -0.2) is 21.6 Å². The van der Waals surface area contributed by atoms with Gasteiger partial charge in [0, 0.05) is 15.4 Å². The Morgan fingerprint density at radius 3 is 3.08 bits per heavy atom. The van der Waals surface area contributed by atoms with Gasteiger partial charge in [-0.25, -0.2) is 0 Å². The third kappa shape index (κ3) is 2.75. The quantitative estimate of drug-likeness (QED) is 0.350. The van der Waals surface area contributed by atoms with E-state index in [4.69, 9.17) is 5.53 Å². The molecule has 1 heterocycles. The number of rotatable bonds is 2. The minimum atomic E-state index is -0.824. The Balaban J connectivity index is 2.68. The first-order valence-electron chi connectivity index (χ1n) is 2.91. The first kappa shape index (κ1) is 9.52. The second kappa shape index (κ2) is 4.45. The molecule has 0 radical (unpaired) electrons. The number of nitrogens with zero attached hydrogens (tertiary/aromatic N) is 5. The van der Waals surface area contributed by atoms with Gasteiger partial charge in [-0.2, -0.15) is 0 Å². The lowest BCUT2D eigenvalue weighted by Gasteiger charge is -1.89. The Bertz CT molecular complexity index is 380. The third-order valence-corrected chi connectivity index (χ3v) is 2.05. The maximum atomic E-state index is 10.7. The number of nitrogens with one attached hydrogen (secondary N) is 1. The molecule has 13 heavy (non-hydrogen) atoms. The highest BCUT2D eigenvalue weighted by Crippen LogP contribution is 2.13. The number of hydrogen-bond acceptors (Lipinski definition) is 5. The molecule has 0 bridgehead atoms. The molecule has 1 aromatic heterocycles. The standard InChI is InChI=1S/C4H2N6OS2/c5-10-8-3(11)6-4-9-7-2(1-12)13-4/h1H,(H,6,9,11). The summed E-state index contributed by atoms with van der Waals surface area (Å²) in [4.78, 5) is 13.0. The van der Waals surface area contributed by atoms with Crippen LogP contribution in [0.15, 0.2) is 5.11 Å². The van der Waals surface area contributed by atoms with Gasteiger partial charge in [0.1, 0.15) is 0 Å². The first-order chi connectivity index (χ1) is 6.26. The summed E-state index contributed by atoms with van der Waals surface area (Å²) in [6, 6.07) is -0.824. The van der Waals surface area contributed by atoms with Crippen molar-refractivity contribution in [2.24, 2.45) is 5.11 Å². The van der Waals surface area contributed by atoms with Crippen LogP contribution in [0.5, 0.6) is 0 Å². The highest BCUT2D eigenvalue weighted by molar-refractivity contribution is 7.79. The Hall–Kier alpha value is -1.57. The molecule has 2 amide bonds. The van der Waals surface area contributed by atoms with Crippen molar-refractivity contribution >= 4 is 40.1 Å². The highest BCUT2D eigenvalue weighted by atomic mass is 32.1. The van der Waals surface area contributed by atoms with Crippen LogP contribution in [0.2, 0.25) is 0 Å². The summed E-state index contributed by atoms with van der Waals surface area (Å²) in [5.74, 6) is 0. The topological polar surface area (TPSA) is 104 Å². The summed E-state index contributed by atoms with van der Waals surface area (Å²) in [5.41, 5.74) is 7.91. The van der Waals surface area contributed by atoms with Gasteiger partial charge in [0.2, 0.25) is 5.13 Å². The highest BCUT2D eigenvalue weighted by Gasteiger charge is 2.03. The smallest absolute Gasteiger partial charge is 0.295 e. The van der Waals surface area contributed by atoms with Crippen LogP contribution in [0.1, 0.15) is 5.01 Å². The SMILES string of the molecule is [N-]=[N+]=NC(=O)Nc1nnc(C=S)s1. The summed E-state index contributed by atoms with van der Waals surface area (Å²) >= 11 is 5.67. The number of thiocarbonyl (C=S) groups is 1. The van der Waals surface area contributed by atoms with Crippen LogP contribution in [-0.2, 0) is 0 Å². The zero-order valence-electron chi connectivity index (χ0n) is 6.04. The largest absolute Gasteiger partial charge is 0.314 e. The predicted octanol–water partition coefficient (Wildman–Crippen LogP) is 1.73. The van der Waals surface area contributed by atoms with E-state index >= 15 is 0 Å². The third-order valence-electron chi connectivity index (χ3n) is 0.891. The minimum Gasteiger partial charge on any atom is -0.295 e. The van der Waals surface area contributed by atoms with Gasteiger partial charge in [-0.3, -0.25) is 10.1 Å². The molecule has 0 saturated heterocycles. The number of carbonyl (C=O) groups is 1. The Labute approximate surface area is 81.4 Å². The van der Waals surface area contributed by atoms with Crippen molar-refractivity contribution in [2.45, 2.75) is 0 Å². The molecule has 0 aliphatic rings. The Kier molecular flexibility index (Phi) is 3.26. The lowest BCUT2D eigenvalue weighted by Crippen LogP contribution is -2.04. The van der Waals surface area contributed by atoms with Crippen LogP contribution in [0.4, 0.5) is 9.93 Å². The molecule has 1 N–H and O–H groups in total. The molecule has 1 aromatic rings. The first-order valence-corrected chi connectivity index (χ1v) is 4.20. The maximum absolute atomic E-state index is 10.7. The second-order valence-corrected chi connectivity index (χ2v) is 2.93. The zero-order chi connectivity index (χ0) is 9.68. The lowest BCUT2D eigenvalue weighted by atomic mass is 10.9. The van der Waals surface area contributed by atoms with Crippen molar-refractivity contribution in [3.05, 3.63) is 15.5 Å². The summed E-state index contributed by atoms with van der Waals surface area (Å²) in [6.07, 6.45) is 0. The number of azide groups is 1. The average Bonchev–Trinajstić information content (AvgIpc) is 2.52. The van der Waals surface area contributed by atoms with E-state index in [9.17, 15) is 4.79 Å². The van der Waals surface area contributed by atoms with Crippen LogP contribution in [0.3, 0.4) is 0 Å². The van der Waals surface area contributed by atoms with Gasteiger partial charge in [-0.1, -0.05) is 23.6 Å². The number of carbonyl (C=O) groups excluding carboxylic acids is 1. The second-order valence-electron chi connectivity index (χ2n) is 1.68. The van der Waals surface area contributed by atoms with Gasteiger partial charge in [0.15, 0.2) is 5.01 Å². The van der Waals surface area contributed by atoms with E-state index in [1.54, 1.807) is 0 Å². The van der Waals surface area contributed by atoms with Crippen molar-refractivity contribution < 1.29 is 4.79 Å².